The summed E-state index contributed by atoms with van der Waals surface area (Å²) in [6.07, 6.45) is 2.88. The number of ether oxygens (including phenoxy) is 1. The van der Waals surface area contributed by atoms with E-state index in [9.17, 15) is 14.7 Å². The van der Waals surface area contributed by atoms with E-state index in [-0.39, 0.29) is 16.6 Å². The second-order valence-electron chi connectivity index (χ2n) is 4.18. The van der Waals surface area contributed by atoms with E-state index in [1.54, 1.807) is 6.07 Å². The maximum atomic E-state index is 10.8. The topological polar surface area (TPSA) is 83.8 Å². The smallest absolute Gasteiger partial charge is 0.328 e. The van der Waals surface area contributed by atoms with Gasteiger partial charge in [-0.15, -0.1) is 0 Å². The van der Waals surface area contributed by atoms with Crippen molar-refractivity contribution in [3.63, 3.8) is 0 Å². The molecule has 0 aliphatic rings. The second-order valence-corrected chi connectivity index (χ2v) is 5.45. The second kappa shape index (κ2) is 8.80. The number of hydrogen-bond acceptors (Lipinski definition) is 5. The van der Waals surface area contributed by atoms with Gasteiger partial charge in [-0.05, 0) is 23.8 Å². The van der Waals surface area contributed by atoms with Gasteiger partial charge in [0, 0.05) is 25.2 Å². The molecule has 22 heavy (non-hydrogen) atoms. The molecular weight excluding hydrogens is 304 g/mol. The van der Waals surface area contributed by atoms with Gasteiger partial charge in [0.15, 0.2) is 16.6 Å². The number of phenolic OH excluding ortho intramolecular Hbond substituents is 1. The molecule has 0 bridgehead atoms. The van der Waals surface area contributed by atoms with Crippen molar-refractivity contribution in [2.75, 3.05) is 12.9 Å². The Hall–Kier alpha value is -2.39. The Bertz CT molecular complexity index is 652. The Balaban J connectivity index is 2.97. The summed E-state index contributed by atoms with van der Waals surface area (Å²) in [6.45, 7) is 1.49. The summed E-state index contributed by atoms with van der Waals surface area (Å²) in [5.74, 6) is 5.30. The highest BCUT2D eigenvalue weighted by Crippen LogP contribution is 2.31. The fraction of sp³-hybridized carbons (Fsp3) is 0.250. The fourth-order valence-corrected chi connectivity index (χ4v) is 2.04. The SMILES string of the molecule is COc1cc(C=CC(=O)O)cc(C#CCCSC(C)=O)c1O. The average Bonchev–Trinajstić information content (AvgIpc) is 2.46. The summed E-state index contributed by atoms with van der Waals surface area (Å²) < 4.78 is 5.04. The Labute approximate surface area is 133 Å². The van der Waals surface area contributed by atoms with Gasteiger partial charge < -0.3 is 14.9 Å². The highest BCUT2D eigenvalue weighted by Gasteiger charge is 2.08. The predicted molar refractivity (Wildman–Crippen MR) is 86.0 cm³/mol. The number of benzene rings is 1. The zero-order chi connectivity index (χ0) is 16.5. The Kier molecular flexibility index (Phi) is 7.06. The number of phenols is 1. The van der Waals surface area contributed by atoms with Crippen LogP contribution < -0.4 is 4.74 Å². The number of thioether (sulfide) groups is 1. The molecule has 0 spiro atoms. The van der Waals surface area contributed by atoms with Gasteiger partial charge in [-0.1, -0.05) is 23.6 Å². The third-order valence-corrected chi connectivity index (χ3v) is 3.31. The molecule has 0 saturated heterocycles. The van der Waals surface area contributed by atoms with Gasteiger partial charge in [0.25, 0.3) is 0 Å². The zero-order valence-electron chi connectivity index (χ0n) is 12.3. The third kappa shape index (κ3) is 5.94. The molecule has 116 valence electrons. The van der Waals surface area contributed by atoms with Crippen molar-refractivity contribution in [2.45, 2.75) is 13.3 Å². The highest BCUT2D eigenvalue weighted by atomic mass is 32.2. The number of carbonyl (C=O) groups excluding carboxylic acids is 1. The molecule has 0 aromatic heterocycles. The maximum absolute atomic E-state index is 10.8. The molecule has 5 nitrogen and oxygen atoms in total. The minimum absolute atomic E-state index is 0.0344. The van der Waals surface area contributed by atoms with E-state index in [1.807, 2.05) is 0 Å². The molecule has 1 aromatic carbocycles. The maximum Gasteiger partial charge on any atom is 0.328 e. The normalized spacial score (nSPS) is 10.1. The van der Waals surface area contributed by atoms with Crippen molar-refractivity contribution in [3.8, 4) is 23.3 Å². The molecule has 0 heterocycles. The number of carboxylic acids is 1. The Morgan fingerprint density at radius 3 is 2.73 bits per heavy atom. The van der Waals surface area contributed by atoms with E-state index in [2.05, 4.69) is 11.8 Å². The number of aliphatic carboxylic acids is 1. The van der Waals surface area contributed by atoms with Crippen LogP contribution in [-0.4, -0.2) is 34.2 Å². The molecule has 2 N–H and O–H groups in total. The lowest BCUT2D eigenvalue weighted by Gasteiger charge is -2.06. The van der Waals surface area contributed by atoms with Gasteiger partial charge in [0.2, 0.25) is 0 Å². The first-order valence-corrected chi connectivity index (χ1v) is 7.37. The first kappa shape index (κ1) is 17.7. The van der Waals surface area contributed by atoms with Gasteiger partial charge >= 0.3 is 5.97 Å². The predicted octanol–water partition coefficient (Wildman–Crippen LogP) is 2.52. The van der Waals surface area contributed by atoms with E-state index in [0.717, 1.165) is 6.08 Å². The molecule has 0 unspecified atom stereocenters. The summed E-state index contributed by atoms with van der Waals surface area (Å²) >= 11 is 1.19. The van der Waals surface area contributed by atoms with Crippen molar-refractivity contribution < 1.29 is 24.5 Å². The lowest BCUT2D eigenvalue weighted by molar-refractivity contribution is -0.131. The number of carboxylic acid groups (broad SMARTS) is 1. The van der Waals surface area contributed by atoms with E-state index >= 15 is 0 Å². The van der Waals surface area contributed by atoms with Crippen LogP contribution in [0.25, 0.3) is 6.08 Å². The first-order valence-electron chi connectivity index (χ1n) is 6.38. The fourth-order valence-electron chi connectivity index (χ4n) is 1.55. The molecule has 0 fully saturated rings. The number of carbonyl (C=O) groups is 2. The molecule has 0 amide bonds. The molecular formula is C16H16O5S. The van der Waals surface area contributed by atoms with Crippen LogP contribution in [0.15, 0.2) is 18.2 Å². The summed E-state index contributed by atoms with van der Waals surface area (Å²) in [5.41, 5.74) is 0.900. The molecule has 0 atom stereocenters. The van der Waals surface area contributed by atoms with Gasteiger partial charge in [-0.25, -0.2) is 4.79 Å². The summed E-state index contributed by atoms with van der Waals surface area (Å²) in [4.78, 5) is 21.3. The van der Waals surface area contributed by atoms with Crippen LogP contribution in [0.4, 0.5) is 0 Å². The van der Waals surface area contributed by atoms with Gasteiger partial charge in [0.1, 0.15) is 0 Å². The van der Waals surface area contributed by atoms with Crippen molar-refractivity contribution in [2.24, 2.45) is 0 Å². The van der Waals surface area contributed by atoms with Gasteiger partial charge in [-0.3, -0.25) is 4.79 Å². The van der Waals surface area contributed by atoms with Crippen LogP contribution in [-0.2, 0) is 9.59 Å². The molecule has 0 radical (unpaired) electrons. The van der Waals surface area contributed by atoms with E-state index in [1.165, 1.54) is 37.9 Å². The van der Waals surface area contributed by atoms with Crippen molar-refractivity contribution in [1.82, 2.24) is 0 Å². The first-order chi connectivity index (χ1) is 10.4. The highest BCUT2D eigenvalue weighted by molar-refractivity contribution is 8.13. The van der Waals surface area contributed by atoms with Crippen molar-refractivity contribution >= 4 is 28.9 Å². The number of rotatable bonds is 5. The van der Waals surface area contributed by atoms with Crippen LogP contribution in [0.3, 0.4) is 0 Å². The van der Waals surface area contributed by atoms with Crippen molar-refractivity contribution in [3.05, 3.63) is 29.3 Å². The van der Waals surface area contributed by atoms with Crippen LogP contribution >= 0.6 is 11.8 Å². The third-order valence-electron chi connectivity index (χ3n) is 2.49. The lowest BCUT2D eigenvalue weighted by atomic mass is 10.1. The number of methoxy groups -OCH3 is 1. The van der Waals surface area contributed by atoms with Crippen molar-refractivity contribution in [1.29, 1.82) is 0 Å². The summed E-state index contributed by atoms with van der Waals surface area (Å²) in [7, 11) is 1.40. The number of hydrogen-bond donors (Lipinski definition) is 2. The Morgan fingerprint density at radius 2 is 2.14 bits per heavy atom. The van der Waals surface area contributed by atoms with Gasteiger partial charge in [0.05, 0.1) is 12.7 Å². The Morgan fingerprint density at radius 1 is 1.41 bits per heavy atom. The van der Waals surface area contributed by atoms with Crippen LogP contribution in [0, 0.1) is 11.8 Å². The van der Waals surface area contributed by atoms with Crippen LogP contribution in [0.1, 0.15) is 24.5 Å². The monoisotopic (exact) mass is 320 g/mol. The standard InChI is InChI=1S/C16H16O5S/c1-11(17)22-8-4-3-5-13-9-12(6-7-15(18)19)10-14(21-2)16(13)20/h6-7,9-10,20H,4,8H2,1-2H3,(H,18,19). The van der Waals surface area contributed by atoms with Gasteiger partial charge in [-0.2, -0.15) is 0 Å². The quantitative estimate of drug-likeness (QED) is 0.493. The average molecular weight is 320 g/mol. The summed E-state index contributed by atoms with van der Waals surface area (Å²) in [5, 5.41) is 18.7. The molecule has 1 aromatic rings. The summed E-state index contributed by atoms with van der Waals surface area (Å²) in [6, 6.07) is 3.09. The van der Waals surface area contributed by atoms with E-state index < -0.39 is 5.97 Å². The van der Waals surface area contributed by atoms with Crippen LogP contribution in [0.5, 0.6) is 11.5 Å². The van der Waals surface area contributed by atoms with Crippen LogP contribution in [0.2, 0.25) is 0 Å². The largest absolute Gasteiger partial charge is 0.503 e. The molecule has 6 heteroatoms. The zero-order valence-corrected chi connectivity index (χ0v) is 13.1. The minimum atomic E-state index is -1.07. The molecule has 0 saturated carbocycles. The van der Waals surface area contributed by atoms with E-state index in [0.29, 0.717) is 23.3 Å². The minimum Gasteiger partial charge on any atom is -0.503 e. The molecule has 0 aliphatic carbocycles. The molecule has 1 rings (SSSR count). The molecule has 0 aliphatic heterocycles. The van der Waals surface area contributed by atoms with E-state index in [4.69, 9.17) is 9.84 Å². The number of aromatic hydroxyl groups is 1. The lowest BCUT2D eigenvalue weighted by Crippen LogP contribution is -1.90.